The molecule has 0 radical (unpaired) electrons. The first kappa shape index (κ1) is 14.8. The number of esters is 1. The first-order valence-electron chi connectivity index (χ1n) is 7.27. The molecule has 1 unspecified atom stereocenters. The molecule has 1 fully saturated rings. The fourth-order valence-electron chi connectivity index (χ4n) is 2.62. The highest BCUT2D eigenvalue weighted by molar-refractivity contribution is 6.00. The molecule has 2 aliphatic rings. The number of carbonyl (C=O) groups excluding carboxylic acids is 2. The van der Waals surface area contributed by atoms with Crippen LogP contribution in [0.3, 0.4) is 0 Å². The van der Waals surface area contributed by atoms with Crippen molar-refractivity contribution in [3.63, 3.8) is 0 Å². The standard InChI is InChI=1S/C16H23NO3/c1-16(2,3)20-15(19)8-7-12-11-17-9-5-4-6-13(17)10-14(12)18/h7-8,11,13H,4-6,9-10H2,1-3H3/b8-7+. The minimum atomic E-state index is -0.510. The second-order valence-corrected chi connectivity index (χ2v) is 6.47. The van der Waals surface area contributed by atoms with Crippen LogP contribution in [0.1, 0.15) is 46.5 Å². The molecular formula is C16H23NO3. The van der Waals surface area contributed by atoms with Gasteiger partial charge < -0.3 is 9.64 Å². The Morgan fingerprint density at radius 3 is 2.85 bits per heavy atom. The Labute approximate surface area is 120 Å². The molecule has 110 valence electrons. The quantitative estimate of drug-likeness (QED) is 0.575. The van der Waals surface area contributed by atoms with E-state index in [1.54, 1.807) is 6.08 Å². The third-order valence-electron chi connectivity index (χ3n) is 3.53. The number of carbonyl (C=O) groups is 2. The molecule has 1 atom stereocenters. The van der Waals surface area contributed by atoms with Crippen molar-refractivity contribution in [2.45, 2.75) is 58.1 Å². The Morgan fingerprint density at radius 1 is 1.40 bits per heavy atom. The molecular weight excluding hydrogens is 254 g/mol. The van der Waals surface area contributed by atoms with Crippen LogP contribution in [-0.2, 0) is 14.3 Å². The Balaban J connectivity index is 2.02. The summed E-state index contributed by atoms with van der Waals surface area (Å²) >= 11 is 0. The number of allylic oxidation sites excluding steroid dienone is 2. The zero-order valence-electron chi connectivity index (χ0n) is 12.5. The van der Waals surface area contributed by atoms with Crippen LogP contribution in [0.4, 0.5) is 0 Å². The summed E-state index contributed by atoms with van der Waals surface area (Å²) in [6.45, 7) is 6.47. The Bertz CT molecular complexity index is 457. The monoisotopic (exact) mass is 277 g/mol. The third-order valence-corrected chi connectivity index (χ3v) is 3.53. The fraction of sp³-hybridized carbons (Fsp3) is 0.625. The highest BCUT2D eigenvalue weighted by atomic mass is 16.6. The molecule has 2 rings (SSSR count). The predicted octanol–water partition coefficient (Wildman–Crippen LogP) is 2.60. The molecule has 0 N–H and O–H groups in total. The lowest BCUT2D eigenvalue weighted by Gasteiger charge is -2.37. The van der Waals surface area contributed by atoms with Crippen LogP contribution in [0.5, 0.6) is 0 Å². The second-order valence-electron chi connectivity index (χ2n) is 6.47. The topological polar surface area (TPSA) is 46.6 Å². The number of rotatable bonds is 2. The Hall–Kier alpha value is -1.58. The largest absolute Gasteiger partial charge is 0.457 e. The molecule has 4 heteroatoms. The third kappa shape index (κ3) is 3.95. The second kappa shape index (κ2) is 5.81. The van der Waals surface area contributed by atoms with Crippen molar-refractivity contribution in [2.75, 3.05) is 6.54 Å². The van der Waals surface area contributed by atoms with E-state index in [4.69, 9.17) is 4.74 Å². The van der Waals surface area contributed by atoms with Crippen molar-refractivity contribution in [2.24, 2.45) is 0 Å². The van der Waals surface area contributed by atoms with E-state index in [-0.39, 0.29) is 5.78 Å². The van der Waals surface area contributed by atoms with Crippen molar-refractivity contribution in [1.82, 2.24) is 4.90 Å². The van der Waals surface area contributed by atoms with E-state index in [0.717, 1.165) is 13.0 Å². The predicted molar refractivity (Wildman–Crippen MR) is 77.0 cm³/mol. The summed E-state index contributed by atoms with van der Waals surface area (Å²) < 4.78 is 5.19. The van der Waals surface area contributed by atoms with Crippen molar-refractivity contribution in [1.29, 1.82) is 0 Å². The van der Waals surface area contributed by atoms with Crippen LogP contribution in [0.15, 0.2) is 23.9 Å². The lowest BCUT2D eigenvalue weighted by atomic mass is 9.92. The summed E-state index contributed by atoms with van der Waals surface area (Å²) in [7, 11) is 0. The Kier molecular flexibility index (Phi) is 4.31. The normalized spacial score (nSPS) is 23.6. The van der Waals surface area contributed by atoms with Gasteiger partial charge in [0.05, 0.1) is 0 Å². The van der Waals surface area contributed by atoms with E-state index in [9.17, 15) is 9.59 Å². The van der Waals surface area contributed by atoms with Gasteiger partial charge in [0.1, 0.15) is 5.60 Å². The van der Waals surface area contributed by atoms with Crippen LogP contribution in [-0.4, -0.2) is 34.8 Å². The Morgan fingerprint density at radius 2 is 2.15 bits per heavy atom. The van der Waals surface area contributed by atoms with E-state index in [1.807, 2.05) is 27.0 Å². The highest BCUT2D eigenvalue weighted by Crippen LogP contribution is 2.26. The molecule has 0 aromatic heterocycles. The van der Waals surface area contributed by atoms with E-state index in [2.05, 4.69) is 4.90 Å². The summed E-state index contributed by atoms with van der Waals surface area (Å²) in [4.78, 5) is 25.9. The molecule has 2 aliphatic heterocycles. The molecule has 0 aliphatic carbocycles. The molecule has 0 saturated carbocycles. The van der Waals surface area contributed by atoms with Crippen LogP contribution in [0.2, 0.25) is 0 Å². The van der Waals surface area contributed by atoms with Crippen molar-refractivity contribution in [3.8, 4) is 0 Å². The summed E-state index contributed by atoms with van der Waals surface area (Å²) in [5.41, 5.74) is 0.0960. The molecule has 0 amide bonds. The number of ether oxygens (including phenoxy) is 1. The zero-order chi connectivity index (χ0) is 14.8. The summed E-state index contributed by atoms with van der Waals surface area (Å²) in [5.74, 6) is -0.292. The summed E-state index contributed by atoms with van der Waals surface area (Å²) in [6, 6.07) is 0.356. The number of ketones is 1. The van der Waals surface area contributed by atoms with E-state index < -0.39 is 11.6 Å². The number of hydrogen-bond donors (Lipinski definition) is 0. The minimum absolute atomic E-state index is 0.118. The van der Waals surface area contributed by atoms with Gasteiger partial charge in [-0.2, -0.15) is 0 Å². The first-order valence-corrected chi connectivity index (χ1v) is 7.27. The zero-order valence-corrected chi connectivity index (χ0v) is 12.5. The minimum Gasteiger partial charge on any atom is -0.457 e. The molecule has 0 aromatic rings. The van der Waals surface area contributed by atoms with Gasteiger partial charge in [0.25, 0.3) is 0 Å². The van der Waals surface area contributed by atoms with Crippen LogP contribution in [0.25, 0.3) is 0 Å². The van der Waals surface area contributed by atoms with Gasteiger partial charge in [0, 0.05) is 36.9 Å². The maximum atomic E-state index is 12.0. The van der Waals surface area contributed by atoms with Crippen molar-refractivity contribution in [3.05, 3.63) is 23.9 Å². The molecule has 0 spiro atoms. The molecule has 4 nitrogen and oxygen atoms in total. The lowest BCUT2D eigenvalue weighted by molar-refractivity contribution is -0.148. The van der Waals surface area contributed by atoms with Gasteiger partial charge in [-0.1, -0.05) is 0 Å². The van der Waals surface area contributed by atoms with E-state index in [0.29, 0.717) is 18.0 Å². The highest BCUT2D eigenvalue weighted by Gasteiger charge is 2.28. The SMILES string of the molecule is CC(C)(C)OC(=O)/C=C/C1=CN2CCCCC2CC1=O. The first-order chi connectivity index (χ1) is 9.35. The fourth-order valence-corrected chi connectivity index (χ4v) is 2.62. The van der Waals surface area contributed by atoms with Gasteiger partial charge in [0.2, 0.25) is 0 Å². The molecule has 1 saturated heterocycles. The van der Waals surface area contributed by atoms with Crippen LogP contribution < -0.4 is 0 Å². The van der Waals surface area contributed by atoms with Crippen LogP contribution >= 0.6 is 0 Å². The maximum absolute atomic E-state index is 12.0. The number of fused-ring (bicyclic) bond motifs is 1. The molecule has 0 bridgehead atoms. The van der Waals surface area contributed by atoms with Gasteiger partial charge in [-0.25, -0.2) is 4.79 Å². The number of piperidine rings is 1. The number of hydrogen-bond acceptors (Lipinski definition) is 4. The van der Waals surface area contributed by atoms with E-state index >= 15 is 0 Å². The van der Waals surface area contributed by atoms with Gasteiger partial charge in [-0.15, -0.1) is 0 Å². The van der Waals surface area contributed by atoms with E-state index in [1.165, 1.54) is 18.9 Å². The van der Waals surface area contributed by atoms with Gasteiger partial charge in [-0.05, 0) is 46.1 Å². The smallest absolute Gasteiger partial charge is 0.331 e. The molecule has 0 aromatic carbocycles. The average Bonchev–Trinajstić information content (AvgIpc) is 2.34. The molecule has 2 heterocycles. The summed E-state index contributed by atoms with van der Waals surface area (Å²) in [6.07, 6.45) is 8.85. The van der Waals surface area contributed by atoms with Crippen molar-refractivity contribution < 1.29 is 14.3 Å². The lowest BCUT2D eigenvalue weighted by Crippen LogP contribution is -2.40. The van der Waals surface area contributed by atoms with Crippen LogP contribution in [0, 0.1) is 0 Å². The summed E-state index contributed by atoms with van der Waals surface area (Å²) in [5, 5.41) is 0. The maximum Gasteiger partial charge on any atom is 0.331 e. The number of Topliss-reactive ketones (excluding diaryl/α,β-unsaturated/α-hetero) is 1. The van der Waals surface area contributed by atoms with Gasteiger partial charge >= 0.3 is 5.97 Å². The van der Waals surface area contributed by atoms with Crippen molar-refractivity contribution >= 4 is 11.8 Å². The average molecular weight is 277 g/mol. The van der Waals surface area contributed by atoms with Gasteiger partial charge in [-0.3, -0.25) is 4.79 Å². The molecule has 20 heavy (non-hydrogen) atoms. The van der Waals surface area contributed by atoms with Gasteiger partial charge in [0.15, 0.2) is 5.78 Å². The number of nitrogens with zero attached hydrogens (tertiary/aromatic N) is 1.